The molecule has 0 fully saturated rings. The van der Waals surface area contributed by atoms with Crippen molar-refractivity contribution in [2.75, 3.05) is 0 Å². The summed E-state index contributed by atoms with van der Waals surface area (Å²) in [5, 5.41) is 0. The van der Waals surface area contributed by atoms with Gasteiger partial charge in [-0.1, -0.05) is 20.3 Å². The fourth-order valence-electron chi connectivity index (χ4n) is 0.761. The van der Waals surface area contributed by atoms with Gasteiger partial charge in [-0.3, -0.25) is 0 Å². The Morgan fingerprint density at radius 3 is 2.00 bits per heavy atom. The SMILES string of the molecule is CCC.Cc1nc(CN)c(C)o1. The molecular formula is C9H18N2O. The third-order valence-electron chi connectivity index (χ3n) is 1.19. The Bertz CT molecular complexity index is 218. The average Bonchev–Trinajstić information content (AvgIpc) is 2.31. The van der Waals surface area contributed by atoms with Crippen molar-refractivity contribution < 1.29 is 4.42 Å². The van der Waals surface area contributed by atoms with Crippen molar-refractivity contribution in [3.8, 4) is 0 Å². The van der Waals surface area contributed by atoms with Crippen LogP contribution >= 0.6 is 0 Å². The quantitative estimate of drug-likeness (QED) is 0.702. The third-order valence-corrected chi connectivity index (χ3v) is 1.19. The fraction of sp³-hybridized carbons (Fsp3) is 0.667. The Morgan fingerprint density at radius 1 is 1.33 bits per heavy atom. The van der Waals surface area contributed by atoms with E-state index in [0.29, 0.717) is 12.4 Å². The van der Waals surface area contributed by atoms with Crippen molar-refractivity contribution in [1.82, 2.24) is 4.98 Å². The first kappa shape index (κ1) is 11.2. The molecule has 0 unspecified atom stereocenters. The van der Waals surface area contributed by atoms with E-state index in [1.54, 1.807) is 0 Å². The minimum absolute atomic E-state index is 0.461. The largest absolute Gasteiger partial charge is 0.446 e. The van der Waals surface area contributed by atoms with Crippen LogP contribution in [0.2, 0.25) is 0 Å². The molecule has 0 aromatic carbocycles. The molecule has 2 N–H and O–H groups in total. The molecule has 0 aliphatic heterocycles. The molecule has 0 aliphatic rings. The Balaban J connectivity index is 0.000000354. The van der Waals surface area contributed by atoms with Crippen molar-refractivity contribution in [3.63, 3.8) is 0 Å². The van der Waals surface area contributed by atoms with E-state index in [1.165, 1.54) is 6.42 Å². The second-order valence-corrected chi connectivity index (χ2v) is 2.65. The van der Waals surface area contributed by atoms with Gasteiger partial charge in [-0.15, -0.1) is 0 Å². The first-order valence-corrected chi connectivity index (χ1v) is 4.28. The molecule has 0 saturated heterocycles. The highest BCUT2D eigenvalue weighted by Gasteiger charge is 2.01. The highest BCUT2D eigenvalue weighted by atomic mass is 16.4. The van der Waals surface area contributed by atoms with Crippen LogP contribution in [-0.4, -0.2) is 4.98 Å². The Morgan fingerprint density at radius 2 is 1.83 bits per heavy atom. The third kappa shape index (κ3) is 3.53. The van der Waals surface area contributed by atoms with Crippen molar-refractivity contribution in [3.05, 3.63) is 17.3 Å². The minimum atomic E-state index is 0.461. The molecule has 0 saturated carbocycles. The molecule has 1 rings (SSSR count). The highest BCUT2D eigenvalue weighted by Crippen LogP contribution is 2.06. The summed E-state index contributed by atoms with van der Waals surface area (Å²) in [6.07, 6.45) is 1.25. The van der Waals surface area contributed by atoms with Gasteiger partial charge in [-0.2, -0.15) is 0 Å². The zero-order valence-corrected chi connectivity index (χ0v) is 8.35. The number of aromatic nitrogens is 1. The molecule has 3 heteroatoms. The molecule has 0 amide bonds. The second kappa shape index (κ2) is 5.77. The van der Waals surface area contributed by atoms with Crippen molar-refractivity contribution >= 4 is 0 Å². The average molecular weight is 170 g/mol. The lowest BCUT2D eigenvalue weighted by Crippen LogP contribution is -1.97. The second-order valence-electron chi connectivity index (χ2n) is 2.65. The van der Waals surface area contributed by atoms with E-state index >= 15 is 0 Å². The lowest BCUT2D eigenvalue weighted by molar-refractivity contribution is 0.493. The number of oxazole rings is 1. The van der Waals surface area contributed by atoms with Gasteiger partial charge >= 0.3 is 0 Å². The summed E-state index contributed by atoms with van der Waals surface area (Å²) in [6, 6.07) is 0. The van der Waals surface area contributed by atoms with E-state index in [9.17, 15) is 0 Å². The smallest absolute Gasteiger partial charge is 0.191 e. The molecular weight excluding hydrogens is 152 g/mol. The molecule has 0 spiro atoms. The molecule has 1 aromatic heterocycles. The normalized spacial score (nSPS) is 9.08. The monoisotopic (exact) mass is 170 g/mol. The Labute approximate surface area is 74.0 Å². The van der Waals surface area contributed by atoms with Crippen LogP contribution in [0.15, 0.2) is 4.42 Å². The van der Waals surface area contributed by atoms with Crippen LogP contribution in [0.1, 0.15) is 37.6 Å². The van der Waals surface area contributed by atoms with Gasteiger partial charge in [0.25, 0.3) is 0 Å². The van der Waals surface area contributed by atoms with Crippen LogP contribution in [0.25, 0.3) is 0 Å². The van der Waals surface area contributed by atoms with Gasteiger partial charge in [-0.25, -0.2) is 4.98 Å². The predicted octanol–water partition coefficient (Wildman–Crippen LogP) is 2.17. The van der Waals surface area contributed by atoms with Crippen LogP contribution in [-0.2, 0) is 6.54 Å². The van der Waals surface area contributed by atoms with E-state index in [-0.39, 0.29) is 0 Å². The summed E-state index contributed by atoms with van der Waals surface area (Å²) in [7, 11) is 0. The van der Waals surface area contributed by atoms with Gasteiger partial charge in [0.1, 0.15) is 5.76 Å². The summed E-state index contributed by atoms with van der Waals surface area (Å²) in [5.74, 6) is 1.52. The summed E-state index contributed by atoms with van der Waals surface area (Å²) >= 11 is 0. The van der Waals surface area contributed by atoms with Gasteiger partial charge < -0.3 is 10.2 Å². The highest BCUT2D eigenvalue weighted by molar-refractivity contribution is 5.06. The summed E-state index contributed by atoms with van der Waals surface area (Å²) in [5.41, 5.74) is 6.20. The molecule has 3 nitrogen and oxygen atoms in total. The van der Waals surface area contributed by atoms with Gasteiger partial charge in [0.2, 0.25) is 0 Å². The van der Waals surface area contributed by atoms with Crippen LogP contribution in [0.3, 0.4) is 0 Å². The van der Waals surface area contributed by atoms with Crippen molar-refractivity contribution in [2.24, 2.45) is 5.73 Å². The van der Waals surface area contributed by atoms with Crippen LogP contribution in [0, 0.1) is 13.8 Å². The Kier molecular flexibility index (Phi) is 5.37. The van der Waals surface area contributed by atoms with Gasteiger partial charge in [-0.05, 0) is 6.92 Å². The number of aryl methyl sites for hydroxylation is 2. The maximum Gasteiger partial charge on any atom is 0.191 e. The predicted molar refractivity (Wildman–Crippen MR) is 49.8 cm³/mol. The first-order valence-electron chi connectivity index (χ1n) is 4.28. The molecule has 12 heavy (non-hydrogen) atoms. The molecule has 0 aliphatic carbocycles. The molecule has 1 heterocycles. The van der Waals surface area contributed by atoms with Crippen LogP contribution in [0.5, 0.6) is 0 Å². The van der Waals surface area contributed by atoms with Gasteiger partial charge in [0, 0.05) is 13.5 Å². The maximum absolute atomic E-state index is 5.34. The number of nitrogens with two attached hydrogens (primary N) is 1. The maximum atomic E-state index is 5.34. The molecule has 0 atom stereocenters. The van der Waals surface area contributed by atoms with Crippen molar-refractivity contribution in [1.29, 1.82) is 0 Å². The number of hydrogen-bond donors (Lipinski definition) is 1. The Hall–Kier alpha value is -0.830. The minimum Gasteiger partial charge on any atom is -0.446 e. The molecule has 0 radical (unpaired) electrons. The molecule has 70 valence electrons. The summed E-state index contributed by atoms with van der Waals surface area (Å²) in [4.78, 5) is 4.04. The van der Waals surface area contributed by atoms with E-state index in [4.69, 9.17) is 10.2 Å². The lowest BCUT2D eigenvalue weighted by Gasteiger charge is -1.84. The fourth-order valence-corrected chi connectivity index (χ4v) is 0.761. The molecule has 1 aromatic rings. The van der Waals surface area contributed by atoms with E-state index in [2.05, 4.69) is 18.8 Å². The molecule has 0 bridgehead atoms. The summed E-state index contributed by atoms with van der Waals surface area (Å²) < 4.78 is 5.11. The van der Waals surface area contributed by atoms with Gasteiger partial charge in [0.05, 0.1) is 5.69 Å². The van der Waals surface area contributed by atoms with Crippen LogP contribution in [0.4, 0.5) is 0 Å². The zero-order valence-electron chi connectivity index (χ0n) is 8.35. The standard InChI is InChI=1S/C6H10N2O.C3H8/c1-4-6(3-7)8-5(2)9-4;1-3-2/h3,7H2,1-2H3;3H2,1-2H3. The number of hydrogen-bond acceptors (Lipinski definition) is 3. The van der Waals surface area contributed by atoms with E-state index in [0.717, 1.165) is 11.5 Å². The van der Waals surface area contributed by atoms with Crippen LogP contribution < -0.4 is 5.73 Å². The number of nitrogens with zero attached hydrogens (tertiary/aromatic N) is 1. The van der Waals surface area contributed by atoms with E-state index < -0.39 is 0 Å². The first-order chi connectivity index (χ1) is 5.65. The number of rotatable bonds is 1. The topological polar surface area (TPSA) is 52.0 Å². The lowest BCUT2D eigenvalue weighted by atomic mass is 10.4. The van der Waals surface area contributed by atoms with E-state index in [1.807, 2.05) is 13.8 Å². The zero-order chi connectivity index (χ0) is 9.56. The van der Waals surface area contributed by atoms with Gasteiger partial charge in [0.15, 0.2) is 5.89 Å². The summed E-state index contributed by atoms with van der Waals surface area (Å²) in [6.45, 7) is 8.39. The van der Waals surface area contributed by atoms with Crippen molar-refractivity contribution in [2.45, 2.75) is 40.7 Å².